The average molecular weight is 743 g/mol. The molecule has 4 rings (SSSR count). The minimum atomic E-state index is -5.00. The molecule has 278 valence electrons. The Balaban J connectivity index is 0.00000676. The number of carbonyl (C=O) groups is 1. The first-order chi connectivity index (χ1) is 22.7. The first kappa shape index (κ1) is 41.0. The second kappa shape index (κ2) is 16.3. The number of alkyl halides is 9. The van der Waals surface area contributed by atoms with Gasteiger partial charge in [0.1, 0.15) is 5.82 Å². The molecule has 0 amide bonds. The number of hydrogen-bond acceptors (Lipinski definition) is 4. The molecule has 0 spiro atoms. The van der Waals surface area contributed by atoms with Crippen LogP contribution in [0.2, 0.25) is 0 Å². The van der Waals surface area contributed by atoms with Gasteiger partial charge in [-0.05, 0) is 111 Å². The molecule has 3 N–H and O–H groups in total. The number of hydrogen-bond donors (Lipinski definition) is 3. The fourth-order valence-corrected chi connectivity index (χ4v) is 6.45. The van der Waals surface area contributed by atoms with Crippen LogP contribution in [0.15, 0.2) is 36.4 Å². The van der Waals surface area contributed by atoms with Gasteiger partial charge in [0.2, 0.25) is 0 Å². The molecule has 1 unspecified atom stereocenters. The van der Waals surface area contributed by atoms with Crippen LogP contribution in [-0.2, 0) is 36.4 Å². The largest absolute Gasteiger partial charge is 0.481 e. The number of carboxylic acid groups (broad SMARTS) is 1. The highest BCUT2D eigenvalue weighted by Gasteiger charge is 2.37. The van der Waals surface area contributed by atoms with Gasteiger partial charge in [-0.2, -0.15) is 44.6 Å². The third-order valence-corrected chi connectivity index (χ3v) is 9.08. The third kappa shape index (κ3) is 10.8. The number of nitrogens with one attached hydrogen (secondary N) is 2. The van der Waals surface area contributed by atoms with Gasteiger partial charge in [-0.3, -0.25) is 9.48 Å². The predicted octanol–water partition coefficient (Wildman–Crippen LogP) is 9.96. The van der Waals surface area contributed by atoms with Crippen LogP contribution < -0.4 is 10.6 Å². The van der Waals surface area contributed by atoms with E-state index < -0.39 is 47.7 Å². The van der Waals surface area contributed by atoms with E-state index in [1.54, 1.807) is 6.92 Å². The minimum Gasteiger partial charge on any atom is -0.481 e. The average Bonchev–Trinajstić information content (AvgIpc) is 3.34. The molecule has 16 heteroatoms. The van der Waals surface area contributed by atoms with Crippen LogP contribution in [0.25, 0.3) is 0 Å². The summed E-state index contributed by atoms with van der Waals surface area (Å²) < 4.78 is 123. The maximum absolute atomic E-state index is 13.9. The Hall–Kier alpha value is -3.46. The second-order valence-corrected chi connectivity index (χ2v) is 12.8. The Kier molecular flexibility index (Phi) is 13.3. The molecule has 3 aromatic rings. The van der Waals surface area contributed by atoms with Crippen molar-refractivity contribution in [1.82, 2.24) is 15.1 Å². The number of carboxylic acids is 1. The molecule has 6 nitrogen and oxygen atoms in total. The van der Waals surface area contributed by atoms with Crippen LogP contribution in [0.1, 0.15) is 96.1 Å². The highest BCUT2D eigenvalue weighted by molar-refractivity contribution is 5.85. The molecular weight excluding hydrogens is 703 g/mol. The lowest BCUT2D eigenvalue weighted by molar-refractivity contribution is -0.143. The molecule has 1 aliphatic rings. The smallest absolute Gasteiger partial charge is 0.416 e. The zero-order valence-corrected chi connectivity index (χ0v) is 28.4. The first-order valence-electron chi connectivity index (χ1n) is 16.0. The highest BCUT2D eigenvalue weighted by Crippen LogP contribution is 2.38. The van der Waals surface area contributed by atoms with Crippen LogP contribution in [-0.4, -0.2) is 27.4 Å². The summed E-state index contributed by atoms with van der Waals surface area (Å²) in [5.74, 6) is -0.198. The van der Waals surface area contributed by atoms with E-state index in [9.17, 15) is 44.3 Å². The monoisotopic (exact) mass is 742 g/mol. The van der Waals surface area contributed by atoms with Gasteiger partial charge in [-0.15, -0.1) is 12.4 Å². The van der Waals surface area contributed by atoms with Gasteiger partial charge < -0.3 is 15.7 Å². The Morgan fingerprint density at radius 1 is 0.880 bits per heavy atom. The van der Waals surface area contributed by atoms with E-state index in [4.69, 9.17) is 5.11 Å². The molecule has 1 fully saturated rings. The third-order valence-electron chi connectivity index (χ3n) is 9.08. The molecule has 50 heavy (non-hydrogen) atoms. The van der Waals surface area contributed by atoms with Gasteiger partial charge in [0, 0.05) is 30.8 Å². The van der Waals surface area contributed by atoms with E-state index in [0.29, 0.717) is 47.8 Å². The summed E-state index contributed by atoms with van der Waals surface area (Å²) in [5.41, 5.74) is -2.51. The number of aliphatic carboxylic acids is 1. The summed E-state index contributed by atoms with van der Waals surface area (Å²) in [6.07, 6.45) is -10.6. The van der Waals surface area contributed by atoms with Gasteiger partial charge in [0.25, 0.3) is 0 Å². The molecule has 2 aromatic carbocycles. The number of halogens is 10. The molecule has 1 aromatic heterocycles. The Labute approximate surface area is 290 Å². The van der Waals surface area contributed by atoms with Crippen LogP contribution in [0, 0.1) is 25.7 Å². The van der Waals surface area contributed by atoms with Crippen molar-refractivity contribution in [3.05, 3.63) is 81.0 Å². The quantitative estimate of drug-likeness (QED) is 0.161. The van der Waals surface area contributed by atoms with Crippen molar-refractivity contribution in [2.24, 2.45) is 11.8 Å². The summed E-state index contributed by atoms with van der Waals surface area (Å²) in [5, 5.41) is 19.8. The molecule has 0 aliphatic heterocycles. The lowest BCUT2D eigenvalue weighted by Crippen LogP contribution is -2.31. The number of rotatable bonds is 12. The van der Waals surface area contributed by atoms with Crippen molar-refractivity contribution in [2.75, 3.05) is 11.9 Å². The van der Waals surface area contributed by atoms with Crippen LogP contribution in [0.3, 0.4) is 0 Å². The Morgan fingerprint density at radius 2 is 1.46 bits per heavy atom. The summed E-state index contributed by atoms with van der Waals surface area (Å²) in [6, 6.07) is 5.11. The second-order valence-electron chi connectivity index (χ2n) is 12.8. The van der Waals surface area contributed by atoms with Crippen LogP contribution in [0.5, 0.6) is 0 Å². The molecule has 1 aliphatic carbocycles. The normalized spacial score (nSPS) is 17.7. The number of anilines is 1. The summed E-state index contributed by atoms with van der Waals surface area (Å²) in [6.45, 7) is 4.98. The fourth-order valence-electron chi connectivity index (χ4n) is 6.45. The van der Waals surface area contributed by atoms with E-state index in [2.05, 4.69) is 15.7 Å². The predicted molar refractivity (Wildman–Crippen MR) is 172 cm³/mol. The fraction of sp³-hybridized carbons (Fsp3) is 0.529. The van der Waals surface area contributed by atoms with E-state index in [0.717, 1.165) is 31.7 Å². The zero-order chi connectivity index (χ0) is 36.3. The molecule has 1 atom stereocenters. The number of aromatic nitrogens is 2. The van der Waals surface area contributed by atoms with E-state index in [-0.39, 0.29) is 60.3 Å². The van der Waals surface area contributed by atoms with Gasteiger partial charge in [0.05, 0.1) is 23.2 Å². The highest BCUT2D eigenvalue weighted by atomic mass is 35.5. The van der Waals surface area contributed by atoms with Gasteiger partial charge in [0.15, 0.2) is 0 Å². The van der Waals surface area contributed by atoms with Gasteiger partial charge in [-0.1, -0.05) is 13.0 Å². The molecule has 1 heterocycles. The number of benzene rings is 2. The number of aryl methyl sites for hydroxylation is 2. The lowest BCUT2D eigenvalue weighted by Gasteiger charge is -2.30. The van der Waals surface area contributed by atoms with E-state index >= 15 is 0 Å². The van der Waals surface area contributed by atoms with E-state index in [1.165, 1.54) is 23.7 Å². The maximum atomic E-state index is 13.9. The first-order valence-corrected chi connectivity index (χ1v) is 16.0. The SMILES string of the molecule is CCC(NCC1CCC(CC(=O)O)CC1)c1cc(C)c(C(F)(F)F)cc1CNc1cc(C)n(Cc2cc(C(F)(F)F)cc(C(F)(F)F)c2)n1.Cl. The van der Waals surface area contributed by atoms with Crippen LogP contribution >= 0.6 is 12.4 Å². The lowest BCUT2D eigenvalue weighted by atomic mass is 9.80. The van der Waals surface area contributed by atoms with Crippen molar-refractivity contribution in [1.29, 1.82) is 0 Å². The number of nitrogens with zero attached hydrogens (tertiary/aromatic N) is 2. The maximum Gasteiger partial charge on any atom is 0.416 e. The van der Waals surface area contributed by atoms with Crippen molar-refractivity contribution < 1.29 is 49.4 Å². The topological polar surface area (TPSA) is 79.2 Å². The van der Waals surface area contributed by atoms with Gasteiger partial charge >= 0.3 is 24.5 Å². The molecule has 0 bridgehead atoms. The zero-order valence-electron chi connectivity index (χ0n) is 27.6. The Morgan fingerprint density at radius 3 is 1.98 bits per heavy atom. The van der Waals surface area contributed by atoms with E-state index in [1.807, 2.05) is 6.92 Å². The Bertz CT molecular complexity index is 1580. The molecule has 1 saturated carbocycles. The standard InChI is InChI=1S/C34H39F9N4O2.ClH/c1-4-29(44-16-22-7-5-21(6-8-22)13-31(48)49)27-9-19(2)28(34(41,42)43)14-24(27)17-45-30-10-20(3)47(46-30)18-23-11-25(32(35,36)37)15-26(12-23)33(38,39)40;/h9-12,14-15,21-22,29,44H,4-8,13,16-18H2,1-3H3,(H,45,46)(H,48,49);1H. The molecule has 0 radical (unpaired) electrons. The summed E-state index contributed by atoms with van der Waals surface area (Å²) in [7, 11) is 0. The van der Waals surface area contributed by atoms with Crippen molar-refractivity contribution in [3.8, 4) is 0 Å². The van der Waals surface area contributed by atoms with Gasteiger partial charge in [-0.25, -0.2) is 0 Å². The minimum absolute atomic E-state index is 0. The van der Waals surface area contributed by atoms with Crippen molar-refractivity contribution in [3.63, 3.8) is 0 Å². The van der Waals surface area contributed by atoms with Crippen molar-refractivity contribution in [2.45, 2.75) is 97.0 Å². The van der Waals surface area contributed by atoms with Crippen molar-refractivity contribution >= 4 is 24.2 Å². The summed E-state index contributed by atoms with van der Waals surface area (Å²) >= 11 is 0. The summed E-state index contributed by atoms with van der Waals surface area (Å²) in [4.78, 5) is 11.1. The molecular formula is C34H40ClF9N4O2. The van der Waals surface area contributed by atoms with Crippen LogP contribution in [0.4, 0.5) is 45.3 Å². The molecule has 0 saturated heterocycles.